The fourth-order valence-electron chi connectivity index (χ4n) is 3.91. The van der Waals surface area contributed by atoms with E-state index in [1.54, 1.807) is 14.2 Å². The van der Waals surface area contributed by atoms with Crippen LogP contribution in [0.5, 0.6) is 17.2 Å². The molecule has 0 aliphatic carbocycles. The van der Waals surface area contributed by atoms with Crippen molar-refractivity contribution in [2.75, 3.05) is 34.4 Å². The monoisotopic (exact) mass is 482 g/mol. The van der Waals surface area contributed by atoms with Gasteiger partial charge in [0, 0.05) is 37.0 Å². The molecule has 0 unspecified atom stereocenters. The third kappa shape index (κ3) is 10.6. The van der Waals surface area contributed by atoms with Gasteiger partial charge in [0.05, 0.1) is 6.61 Å². The van der Waals surface area contributed by atoms with Crippen molar-refractivity contribution in [3.05, 3.63) is 42.0 Å². The van der Waals surface area contributed by atoms with E-state index in [2.05, 4.69) is 12.8 Å². The Morgan fingerprint density at radius 3 is 1.77 bits per heavy atom. The molecule has 0 spiro atoms. The van der Waals surface area contributed by atoms with Crippen LogP contribution in [0.3, 0.4) is 0 Å². The standard InChI is InChI=1S/C30H42O5/c1-5-7-8-9-10-11-12-13-14-15-20-33-26-17-19-28(30(22-26)35-24-32-4)27-18-16-25(6-2)21-29(27)34-23-31-3/h2,16-19,21-22H,5,7-15,20,23-24H2,1,3-4H3. The zero-order chi connectivity index (χ0) is 25.1. The summed E-state index contributed by atoms with van der Waals surface area (Å²) in [5, 5.41) is 0. The predicted octanol–water partition coefficient (Wildman–Crippen LogP) is 7.60. The highest BCUT2D eigenvalue weighted by Gasteiger charge is 2.14. The highest BCUT2D eigenvalue weighted by molar-refractivity contribution is 5.77. The first-order valence-electron chi connectivity index (χ1n) is 12.8. The third-order valence-electron chi connectivity index (χ3n) is 5.82. The van der Waals surface area contributed by atoms with Gasteiger partial charge in [0.25, 0.3) is 0 Å². The lowest BCUT2D eigenvalue weighted by Gasteiger charge is -2.17. The van der Waals surface area contributed by atoms with Gasteiger partial charge in [-0.3, -0.25) is 0 Å². The molecule has 2 aromatic rings. The number of rotatable bonds is 19. The summed E-state index contributed by atoms with van der Waals surface area (Å²) in [6.45, 7) is 3.21. The second-order valence-corrected chi connectivity index (χ2v) is 8.65. The minimum absolute atomic E-state index is 0.120. The van der Waals surface area contributed by atoms with Gasteiger partial charge in [-0.1, -0.05) is 70.6 Å². The van der Waals surface area contributed by atoms with E-state index in [1.807, 2.05) is 36.4 Å². The molecular formula is C30H42O5. The molecule has 0 bridgehead atoms. The van der Waals surface area contributed by atoms with E-state index >= 15 is 0 Å². The van der Waals surface area contributed by atoms with E-state index in [0.717, 1.165) is 28.9 Å². The summed E-state index contributed by atoms with van der Waals surface area (Å²) in [4.78, 5) is 0. The lowest BCUT2D eigenvalue weighted by molar-refractivity contribution is 0.0499. The molecule has 0 aromatic heterocycles. The zero-order valence-electron chi connectivity index (χ0n) is 21.8. The summed E-state index contributed by atoms with van der Waals surface area (Å²) in [6, 6.07) is 11.5. The minimum Gasteiger partial charge on any atom is -0.493 e. The average Bonchev–Trinajstić information content (AvgIpc) is 2.89. The van der Waals surface area contributed by atoms with Gasteiger partial charge < -0.3 is 23.7 Å². The second kappa shape index (κ2) is 17.7. The Balaban J connectivity index is 1.94. The van der Waals surface area contributed by atoms with E-state index in [0.29, 0.717) is 18.1 Å². The van der Waals surface area contributed by atoms with Crippen LogP contribution in [0.15, 0.2) is 36.4 Å². The van der Waals surface area contributed by atoms with Crippen molar-refractivity contribution in [1.29, 1.82) is 0 Å². The van der Waals surface area contributed by atoms with Crippen LogP contribution >= 0.6 is 0 Å². The van der Waals surface area contributed by atoms with Crippen molar-refractivity contribution in [2.45, 2.75) is 71.1 Å². The van der Waals surface area contributed by atoms with Crippen LogP contribution in [0.1, 0.15) is 76.7 Å². The molecule has 0 heterocycles. The number of hydrogen-bond acceptors (Lipinski definition) is 5. The molecule has 2 rings (SSSR count). The number of unbranched alkanes of at least 4 members (excludes halogenated alkanes) is 9. The lowest BCUT2D eigenvalue weighted by atomic mass is 10.0. The van der Waals surface area contributed by atoms with Crippen LogP contribution in [-0.4, -0.2) is 34.4 Å². The number of benzene rings is 2. The van der Waals surface area contributed by atoms with Gasteiger partial charge in [-0.25, -0.2) is 0 Å². The summed E-state index contributed by atoms with van der Waals surface area (Å²) < 4.78 is 27.9. The van der Waals surface area contributed by atoms with Gasteiger partial charge in [0.15, 0.2) is 13.6 Å². The Hall–Kier alpha value is -2.68. The van der Waals surface area contributed by atoms with Gasteiger partial charge >= 0.3 is 0 Å². The van der Waals surface area contributed by atoms with E-state index in [-0.39, 0.29) is 13.6 Å². The average molecular weight is 483 g/mol. The van der Waals surface area contributed by atoms with Crippen molar-refractivity contribution < 1.29 is 23.7 Å². The highest BCUT2D eigenvalue weighted by Crippen LogP contribution is 2.39. The van der Waals surface area contributed by atoms with E-state index < -0.39 is 0 Å². The Morgan fingerprint density at radius 1 is 0.657 bits per heavy atom. The largest absolute Gasteiger partial charge is 0.493 e. The van der Waals surface area contributed by atoms with E-state index in [9.17, 15) is 0 Å². The van der Waals surface area contributed by atoms with Crippen molar-refractivity contribution in [1.82, 2.24) is 0 Å². The van der Waals surface area contributed by atoms with E-state index in [1.165, 1.54) is 57.8 Å². The van der Waals surface area contributed by atoms with Crippen LogP contribution in [0.4, 0.5) is 0 Å². The molecule has 0 aliphatic rings. The van der Waals surface area contributed by atoms with Crippen LogP contribution in [0.2, 0.25) is 0 Å². The first-order chi connectivity index (χ1) is 17.2. The lowest BCUT2D eigenvalue weighted by Crippen LogP contribution is -2.04. The zero-order valence-corrected chi connectivity index (χ0v) is 21.8. The van der Waals surface area contributed by atoms with Crippen LogP contribution in [0.25, 0.3) is 11.1 Å². The van der Waals surface area contributed by atoms with E-state index in [4.69, 9.17) is 30.1 Å². The fourth-order valence-corrected chi connectivity index (χ4v) is 3.91. The highest BCUT2D eigenvalue weighted by atomic mass is 16.7. The topological polar surface area (TPSA) is 46.2 Å². The summed E-state index contributed by atoms with van der Waals surface area (Å²) in [6.07, 6.45) is 18.6. The molecule has 0 saturated carbocycles. The Bertz CT molecular complexity index is 887. The quantitative estimate of drug-likeness (QED) is 0.117. The van der Waals surface area contributed by atoms with Gasteiger partial charge in [0.1, 0.15) is 17.2 Å². The SMILES string of the molecule is C#Cc1ccc(-c2ccc(OCCCCCCCCCCCC)cc2OCOC)c(OCOC)c1. The number of hydrogen-bond donors (Lipinski definition) is 0. The number of methoxy groups -OCH3 is 2. The first kappa shape index (κ1) is 28.6. The van der Waals surface area contributed by atoms with Gasteiger partial charge in [0.2, 0.25) is 0 Å². The molecule has 0 atom stereocenters. The Kier molecular flexibility index (Phi) is 14.5. The van der Waals surface area contributed by atoms with Gasteiger partial charge in [-0.15, -0.1) is 6.42 Å². The molecule has 0 radical (unpaired) electrons. The number of ether oxygens (including phenoxy) is 5. The van der Waals surface area contributed by atoms with Gasteiger partial charge in [-0.05, 0) is 36.8 Å². The summed E-state index contributed by atoms with van der Waals surface area (Å²) >= 11 is 0. The Morgan fingerprint density at radius 2 is 1.20 bits per heavy atom. The molecule has 0 amide bonds. The molecule has 0 N–H and O–H groups in total. The fraction of sp³-hybridized carbons (Fsp3) is 0.533. The maximum absolute atomic E-state index is 6.02. The van der Waals surface area contributed by atoms with Crippen molar-refractivity contribution >= 4 is 0 Å². The molecule has 0 saturated heterocycles. The normalized spacial score (nSPS) is 10.7. The smallest absolute Gasteiger partial charge is 0.188 e. The maximum Gasteiger partial charge on any atom is 0.188 e. The van der Waals surface area contributed by atoms with Crippen molar-refractivity contribution in [2.24, 2.45) is 0 Å². The van der Waals surface area contributed by atoms with Gasteiger partial charge in [-0.2, -0.15) is 0 Å². The third-order valence-corrected chi connectivity index (χ3v) is 5.82. The van der Waals surface area contributed by atoms with Crippen molar-refractivity contribution in [3.8, 4) is 40.7 Å². The molecule has 35 heavy (non-hydrogen) atoms. The molecule has 5 nitrogen and oxygen atoms in total. The Labute approximate surface area is 212 Å². The summed E-state index contributed by atoms with van der Waals surface area (Å²) in [5.41, 5.74) is 2.45. The van der Waals surface area contributed by atoms with Crippen molar-refractivity contribution in [3.63, 3.8) is 0 Å². The molecule has 5 heteroatoms. The summed E-state index contributed by atoms with van der Waals surface area (Å²) in [5.74, 6) is 4.70. The van der Waals surface area contributed by atoms with Crippen LogP contribution < -0.4 is 14.2 Å². The number of terminal acetylenes is 1. The minimum atomic E-state index is 0.120. The molecular weight excluding hydrogens is 440 g/mol. The predicted molar refractivity (Wildman–Crippen MR) is 142 cm³/mol. The molecule has 0 aliphatic heterocycles. The molecule has 192 valence electrons. The maximum atomic E-state index is 6.02. The first-order valence-corrected chi connectivity index (χ1v) is 12.8. The molecule has 2 aromatic carbocycles. The van der Waals surface area contributed by atoms with Crippen LogP contribution in [0, 0.1) is 12.3 Å². The van der Waals surface area contributed by atoms with Crippen LogP contribution in [-0.2, 0) is 9.47 Å². The summed E-state index contributed by atoms with van der Waals surface area (Å²) in [7, 11) is 3.18. The molecule has 0 fully saturated rings. The second-order valence-electron chi connectivity index (χ2n) is 8.65.